The van der Waals surface area contributed by atoms with Gasteiger partial charge in [-0.05, 0) is 17.7 Å². The second-order valence-corrected chi connectivity index (χ2v) is 6.48. The first-order valence-corrected chi connectivity index (χ1v) is 8.45. The molecule has 0 atom stereocenters. The highest BCUT2D eigenvalue weighted by molar-refractivity contribution is 8.00. The monoisotopic (exact) mass is 362 g/mol. The van der Waals surface area contributed by atoms with E-state index in [1.807, 2.05) is 0 Å². The molecule has 2 aromatic rings. The number of fused-ring (bicyclic) bond motifs is 1. The highest BCUT2D eigenvalue weighted by Gasteiger charge is 2.26. The first-order chi connectivity index (χ1) is 12.0. The number of hydrogen-bond donors (Lipinski definition) is 1. The number of anilines is 1. The standard InChI is InChI=1S/C16H15FN4O3S/c1-20-14(23)9-25-12-7-19-21(16(24)15(12)20)8-13(22)18-6-10-2-4-11(17)5-3-10/h2-5,7H,6,8-9H2,1H3,(H,18,22). The van der Waals surface area contributed by atoms with Crippen LogP contribution in [0.25, 0.3) is 0 Å². The van der Waals surface area contributed by atoms with E-state index in [0.29, 0.717) is 4.90 Å². The Labute approximate surface area is 146 Å². The Hall–Kier alpha value is -2.68. The second-order valence-electron chi connectivity index (χ2n) is 5.46. The van der Waals surface area contributed by atoms with E-state index in [-0.39, 0.29) is 36.3 Å². The molecule has 9 heteroatoms. The lowest BCUT2D eigenvalue weighted by molar-refractivity contribution is -0.122. The van der Waals surface area contributed by atoms with Crippen LogP contribution in [0.1, 0.15) is 5.56 Å². The minimum atomic E-state index is -0.488. The highest BCUT2D eigenvalue weighted by atomic mass is 32.2. The Kier molecular flexibility index (Phi) is 4.84. The van der Waals surface area contributed by atoms with Crippen LogP contribution in [0.4, 0.5) is 10.1 Å². The first-order valence-electron chi connectivity index (χ1n) is 7.46. The summed E-state index contributed by atoms with van der Waals surface area (Å²) in [7, 11) is 1.53. The number of nitrogens with zero attached hydrogens (tertiary/aromatic N) is 3. The number of carbonyl (C=O) groups is 2. The Morgan fingerprint density at radius 3 is 2.76 bits per heavy atom. The maximum Gasteiger partial charge on any atom is 0.292 e. The summed E-state index contributed by atoms with van der Waals surface area (Å²) in [4.78, 5) is 38.2. The number of rotatable bonds is 4. The normalized spacial score (nSPS) is 13.5. The number of hydrogen-bond acceptors (Lipinski definition) is 5. The Balaban J connectivity index is 1.70. The zero-order chi connectivity index (χ0) is 18.0. The van der Waals surface area contributed by atoms with Crippen molar-refractivity contribution in [3.05, 3.63) is 52.2 Å². The van der Waals surface area contributed by atoms with Gasteiger partial charge in [-0.2, -0.15) is 5.10 Å². The van der Waals surface area contributed by atoms with Crippen molar-refractivity contribution in [2.75, 3.05) is 17.7 Å². The van der Waals surface area contributed by atoms with Crippen molar-refractivity contribution in [2.45, 2.75) is 18.0 Å². The predicted molar refractivity (Wildman–Crippen MR) is 90.9 cm³/mol. The van der Waals surface area contributed by atoms with E-state index >= 15 is 0 Å². The molecular formula is C16H15FN4O3S. The molecule has 0 spiro atoms. The minimum Gasteiger partial charge on any atom is -0.350 e. The summed E-state index contributed by atoms with van der Waals surface area (Å²) in [6.07, 6.45) is 1.48. The molecule has 0 saturated carbocycles. The molecule has 0 unspecified atom stereocenters. The number of halogens is 1. The fourth-order valence-corrected chi connectivity index (χ4v) is 3.30. The van der Waals surface area contributed by atoms with Gasteiger partial charge < -0.3 is 10.2 Å². The number of benzene rings is 1. The number of nitrogens with one attached hydrogen (secondary N) is 1. The van der Waals surface area contributed by atoms with E-state index in [9.17, 15) is 18.8 Å². The molecule has 0 aliphatic carbocycles. The largest absolute Gasteiger partial charge is 0.350 e. The van der Waals surface area contributed by atoms with Gasteiger partial charge in [0.1, 0.15) is 18.0 Å². The highest BCUT2D eigenvalue weighted by Crippen LogP contribution is 2.30. The van der Waals surface area contributed by atoms with Crippen LogP contribution in [0.5, 0.6) is 0 Å². The molecule has 1 N–H and O–H groups in total. The van der Waals surface area contributed by atoms with Crippen molar-refractivity contribution in [2.24, 2.45) is 0 Å². The van der Waals surface area contributed by atoms with Crippen molar-refractivity contribution in [1.82, 2.24) is 15.1 Å². The van der Waals surface area contributed by atoms with Crippen LogP contribution in [0, 0.1) is 5.82 Å². The minimum absolute atomic E-state index is 0.173. The zero-order valence-corrected chi connectivity index (χ0v) is 14.2. The lowest BCUT2D eigenvalue weighted by Gasteiger charge is -2.24. The molecule has 0 radical (unpaired) electrons. The van der Waals surface area contributed by atoms with Crippen LogP contribution in [-0.4, -0.2) is 34.4 Å². The van der Waals surface area contributed by atoms with Gasteiger partial charge in [0.15, 0.2) is 0 Å². The third-order valence-corrected chi connectivity index (χ3v) is 4.74. The predicted octanol–water partition coefficient (Wildman–Crippen LogP) is 0.767. The van der Waals surface area contributed by atoms with E-state index in [4.69, 9.17) is 0 Å². The molecule has 0 fully saturated rings. The van der Waals surface area contributed by atoms with E-state index < -0.39 is 11.5 Å². The lowest BCUT2D eigenvalue weighted by Crippen LogP contribution is -2.40. The maximum atomic E-state index is 12.9. The van der Waals surface area contributed by atoms with Gasteiger partial charge in [0, 0.05) is 13.6 Å². The van der Waals surface area contributed by atoms with Crippen LogP contribution in [-0.2, 0) is 22.7 Å². The molecule has 2 amide bonds. The summed E-state index contributed by atoms with van der Waals surface area (Å²) < 4.78 is 13.9. The number of aromatic nitrogens is 2. The van der Waals surface area contributed by atoms with Gasteiger partial charge in [-0.1, -0.05) is 12.1 Å². The van der Waals surface area contributed by atoms with E-state index in [1.165, 1.54) is 42.0 Å². The molecule has 0 saturated heterocycles. The summed E-state index contributed by atoms with van der Waals surface area (Å²) in [6.45, 7) is -0.0486. The topological polar surface area (TPSA) is 84.3 Å². The average molecular weight is 362 g/mol. The van der Waals surface area contributed by atoms with Crippen LogP contribution >= 0.6 is 11.8 Å². The van der Waals surface area contributed by atoms with Gasteiger partial charge in [0.2, 0.25) is 11.8 Å². The van der Waals surface area contributed by atoms with Crippen molar-refractivity contribution in [3.63, 3.8) is 0 Å². The number of carbonyl (C=O) groups excluding carboxylic acids is 2. The zero-order valence-electron chi connectivity index (χ0n) is 13.4. The van der Waals surface area contributed by atoms with Crippen molar-refractivity contribution >= 4 is 29.3 Å². The van der Waals surface area contributed by atoms with Crippen LogP contribution in [0.2, 0.25) is 0 Å². The summed E-state index contributed by atoms with van der Waals surface area (Å²) in [5.41, 5.74) is 0.488. The summed E-state index contributed by atoms with van der Waals surface area (Å²) in [5.74, 6) is -0.673. The molecular weight excluding hydrogens is 347 g/mol. The summed E-state index contributed by atoms with van der Waals surface area (Å²) in [6, 6.07) is 5.75. The van der Waals surface area contributed by atoms with Crippen LogP contribution < -0.4 is 15.8 Å². The van der Waals surface area contributed by atoms with Gasteiger partial charge in [-0.25, -0.2) is 9.07 Å². The van der Waals surface area contributed by atoms with Crippen LogP contribution in [0.3, 0.4) is 0 Å². The Morgan fingerprint density at radius 1 is 1.32 bits per heavy atom. The average Bonchev–Trinajstić information content (AvgIpc) is 2.60. The molecule has 2 heterocycles. The Bertz CT molecular complexity index is 882. The molecule has 1 aromatic heterocycles. The lowest BCUT2D eigenvalue weighted by atomic mass is 10.2. The summed E-state index contributed by atoms with van der Waals surface area (Å²) >= 11 is 1.25. The van der Waals surface area contributed by atoms with Crippen LogP contribution in [0.15, 0.2) is 40.2 Å². The molecule has 1 aliphatic heterocycles. The number of thioether (sulfide) groups is 1. The van der Waals surface area contributed by atoms with Crippen molar-refractivity contribution < 1.29 is 14.0 Å². The van der Waals surface area contributed by atoms with Gasteiger partial charge >= 0.3 is 0 Å². The molecule has 130 valence electrons. The third-order valence-electron chi connectivity index (χ3n) is 3.74. The number of amides is 2. The van der Waals surface area contributed by atoms with E-state index in [0.717, 1.165) is 10.2 Å². The van der Waals surface area contributed by atoms with E-state index in [2.05, 4.69) is 10.4 Å². The summed E-state index contributed by atoms with van der Waals surface area (Å²) in [5, 5.41) is 6.64. The SMILES string of the molecule is CN1C(=O)CSc2cnn(CC(=O)NCc3ccc(F)cc3)c(=O)c21. The molecule has 7 nitrogen and oxygen atoms in total. The van der Waals surface area contributed by atoms with Gasteiger partial charge in [0.25, 0.3) is 5.56 Å². The molecule has 1 aliphatic rings. The van der Waals surface area contributed by atoms with Crippen molar-refractivity contribution in [3.8, 4) is 0 Å². The van der Waals surface area contributed by atoms with Gasteiger partial charge in [-0.15, -0.1) is 11.8 Å². The van der Waals surface area contributed by atoms with E-state index in [1.54, 1.807) is 12.1 Å². The first kappa shape index (κ1) is 17.2. The van der Waals surface area contributed by atoms with Crippen molar-refractivity contribution in [1.29, 1.82) is 0 Å². The third kappa shape index (κ3) is 3.71. The fraction of sp³-hybridized carbons (Fsp3) is 0.250. The fourth-order valence-electron chi connectivity index (χ4n) is 2.35. The Morgan fingerprint density at radius 2 is 2.04 bits per heavy atom. The second kappa shape index (κ2) is 7.06. The maximum absolute atomic E-state index is 12.9. The van der Waals surface area contributed by atoms with Gasteiger partial charge in [-0.3, -0.25) is 14.4 Å². The molecule has 0 bridgehead atoms. The van der Waals surface area contributed by atoms with Gasteiger partial charge in [0.05, 0.1) is 16.8 Å². The molecule has 3 rings (SSSR count). The smallest absolute Gasteiger partial charge is 0.292 e. The molecule has 1 aromatic carbocycles. The quantitative estimate of drug-likeness (QED) is 0.868. The molecule has 25 heavy (non-hydrogen) atoms.